The molecule has 2 aromatic rings. The topological polar surface area (TPSA) is 107 Å². The second-order valence-electron chi connectivity index (χ2n) is 5.15. The molecule has 7 nitrogen and oxygen atoms in total. The smallest absolute Gasteiger partial charge is 0.242 e. The third kappa shape index (κ3) is 4.98. The SMILES string of the molecule is CN(CCOc1ccc(F)cc1)S(=O)(=O)c1ccc(S(N)(=O)=O)cc1. The van der Waals surface area contributed by atoms with Gasteiger partial charge in [0.25, 0.3) is 0 Å². The van der Waals surface area contributed by atoms with Crippen molar-refractivity contribution >= 4 is 20.0 Å². The number of primary sulfonamides is 1. The van der Waals surface area contributed by atoms with Crippen molar-refractivity contribution in [3.05, 3.63) is 54.3 Å². The number of halogens is 1. The number of ether oxygens (including phenoxy) is 1. The molecule has 0 saturated heterocycles. The van der Waals surface area contributed by atoms with Crippen LogP contribution in [0.3, 0.4) is 0 Å². The predicted octanol–water partition coefficient (Wildman–Crippen LogP) is 1.17. The quantitative estimate of drug-likeness (QED) is 0.766. The van der Waals surface area contributed by atoms with Crippen molar-refractivity contribution in [3.63, 3.8) is 0 Å². The maximum Gasteiger partial charge on any atom is 0.242 e. The van der Waals surface area contributed by atoms with Gasteiger partial charge in [-0.1, -0.05) is 0 Å². The second-order valence-corrected chi connectivity index (χ2v) is 8.75. The lowest BCUT2D eigenvalue weighted by atomic mass is 10.3. The van der Waals surface area contributed by atoms with E-state index in [1.807, 2.05) is 0 Å². The summed E-state index contributed by atoms with van der Waals surface area (Å²) in [4.78, 5) is -0.238. The first-order valence-corrected chi connectivity index (χ1v) is 10.1. The lowest BCUT2D eigenvalue weighted by molar-refractivity contribution is 0.286. The minimum Gasteiger partial charge on any atom is -0.492 e. The number of rotatable bonds is 7. The van der Waals surface area contributed by atoms with E-state index in [-0.39, 0.29) is 22.9 Å². The number of nitrogens with zero attached hydrogens (tertiary/aromatic N) is 1. The molecule has 0 aliphatic heterocycles. The van der Waals surface area contributed by atoms with Crippen LogP contribution in [0.1, 0.15) is 0 Å². The Kier molecular flexibility index (Phi) is 5.78. The van der Waals surface area contributed by atoms with E-state index < -0.39 is 25.9 Å². The molecule has 0 aliphatic carbocycles. The third-order valence-electron chi connectivity index (χ3n) is 3.35. The van der Waals surface area contributed by atoms with E-state index in [1.165, 1.54) is 43.4 Å². The zero-order valence-corrected chi connectivity index (χ0v) is 14.9. The van der Waals surface area contributed by atoms with E-state index in [1.54, 1.807) is 0 Å². The van der Waals surface area contributed by atoms with Crippen molar-refractivity contribution in [2.45, 2.75) is 9.79 Å². The van der Waals surface area contributed by atoms with Crippen LogP contribution >= 0.6 is 0 Å². The molecule has 0 saturated carbocycles. The van der Waals surface area contributed by atoms with Crippen LogP contribution in [-0.2, 0) is 20.0 Å². The van der Waals surface area contributed by atoms with Crippen LogP contribution in [0.25, 0.3) is 0 Å². The molecule has 0 spiro atoms. The summed E-state index contributed by atoms with van der Waals surface area (Å²) in [6, 6.07) is 9.96. The standard InChI is InChI=1S/C15H17FN2O5S2/c1-18(10-11-23-13-4-2-12(16)3-5-13)25(21,22)15-8-6-14(7-9-15)24(17,19)20/h2-9H,10-11H2,1H3,(H2,17,19,20). The summed E-state index contributed by atoms with van der Waals surface area (Å²) in [7, 11) is -6.32. The van der Waals surface area contributed by atoms with Crippen LogP contribution in [0.15, 0.2) is 58.3 Å². The number of hydrogen-bond donors (Lipinski definition) is 1. The monoisotopic (exact) mass is 388 g/mol. The van der Waals surface area contributed by atoms with E-state index >= 15 is 0 Å². The summed E-state index contributed by atoms with van der Waals surface area (Å²) in [5, 5.41) is 4.98. The summed E-state index contributed by atoms with van der Waals surface area (Å²) in [6.45, 7) is 0.118. The number of hydrogen-bond acceptors (Lipinski definition) is 5. The van der Waals surface area contributed by atoms with Crippen molar-refractivity contribution < 1.29 is 26.0 Å². The third-order valence-corrected chi connectivity index (χ3v) is 6.15. The highest BCUT2D eigenvalue weighted by Crippen LogP contribution is 2.17. The molecular weight excluding hydrogens is 371 g/mol. The van der Waals surface area contributed by atoms with Crippen LogP contribution < -0.4 is 9.88 Å². The van der Waals surface area contributed by atoms with Gasteiger partial charge in [0.15, 0.2) is 0 Å². The molecule has 0 heterocycles. The Balaban J connectivity index is 2.02. The van der Waals surface area contributed by atoms with Crippen LogP contribution in [0.4, 0.5) is 4.39 Å². The Morgan fingerprint density at radius 3 is 2.00 bits per heavy atom. The molecule has 0 amide bonds. The van der Waals surface area contributed by atoms with Crippen LogP contribution in [0.5, 0.6) is 5.75 Å². The van der Waals surface area contributed by atoms with Gasteiger partial charge < -0.3 is 4.74 Å². The van der Waals surface area contributed by atoms with Gasteiger partial charge in [-0.05, 0) is 48.5 Å². The Labute approximate surface area is 145 Å². The minimum atomic E-state index is -3.89. The Morgan fingerprint density at radius 1 is 0.960 bits per heavy atom. The van der Waals surface area contributed by atoms with Gasteiger partial charge in [0.1, 0.15) is 18.2 Å². The number of nitrogens with two attached hydrogens (primary N) is 1. The Bertz CT molecular complexity index is 927. The molecule has 0 fully saturated rings. The molecule has 2 N–H and O–H groups in total. The highest BCUT2D eigenvalue weighted by Gasteiger charge is 2.21. The zero-order valence-electron chi connectivity index (χ0n) is 13.3. The fourth-order valence-electron chi connectivity index (χ4n) is 1.92. The van der Waals surface area contributed by atoms with Gasteiger partial charge in [0.2, 0.25) is 20.0 Å². The zero-order chi connectivity index (χ0) is 18.7. The van der Waals surface area contributed by atoms with Crippen LogP contribution in [-0.4, -0.2) is 41.3 Å². The number of sulfonamides is 2. The molecule has 0 atom stereocenters. The summed E-state index contributed by atoms with van der Waals surface area (Å²) >= 11 is 0. The van der Waals surface area contributed by atoms with Gasteiger partial charge in [0, 0.05) is 13.6 Å². The number of benzene rings is 2. The summed E-state index contributed by atoms with van der Waals surface area (Å²) in [5.74, 6) is 0.0275. The second kappa shape index (κ2) is 7.48. The lowest BCUT2D eigenvalue weighted by Crippen LogP contribution is -2.31. The van der Waals surface area contributed by atoms with E-state index in [9.17, 15) is 21.2 Å². The van der Waals surface area contributed by atoms with Crippen molar-refractivity contribution in [3.8, 4) is 5.75 Å². The molecule has 0 aromatic heterocycles. The average molecular weight is 388 g/mol. The van der Waals surface area contributed by atoms with Gasteiger partial charge in [0.05, 0.1) is 9.79 Å². The first-order chi connectivity index (χ1) is 11.6. The van der Waals surface area contributed by atoms with Crippen molar-refractivity contribution in [2.75, 3.05) is 20.2 Å². The molecule has 25 heavy (non-hydrogen) atoms. The normalized spacial score (nSPS) is 12.3. The summed E-state index contributed by atoms with van der Waals surface area (Å²) in [5.41, 5.74) is 0. The van der Waals surface area contributed by atoms with Gasteiger partial charge in [-0.2, -0.15) is 4.31 Å². The fourth-order valence-corrected chi connectivity index (χ4v) is 3.59. The first kappa shape index (κ1) is 19.3. The summed E-state index contributed by atoms with van der Waals surface area (Å²) in [6.07, 6.45) is 0. The van der Waals surface area contributed by atoms with E-state index in [2.05, 4.69) is 0 Å². The molecule has 2 aromatic carbocycles. The van der Waals surface area contributed by atoms with Crippen LogP contribution in [0.2, 0.25) is 0 Å². The van der Waals surface area contributed by atoms with Crippen molar-refractivity contribution in [2.24, 2.45) is 5.14 Å². The summed E-state index contributed by atoms with van der Waals surface area (Å²) < 4.78 is 66.5. The van der Waals surface area contributed by atoms with E-state index in [0.717, 1.165) is 16.4 Å². The van der Waals surface area contributed by atoms with E-state index in [0.29, 0.717) is 5.75 Å². The molecule has 0 unspecified atom stereocenters. The van der Waals surface area contributed by atoms with E-state index in [4.69, 9.17) is 9.88 Å². The Hall–Kier alpha value is -2.01. The highest BCUT2D eigenvalue weighted by atomic mass is 32.2. The minimum absolute atomic E-state index is 0.0522. The van der Waals surface area contributed by atoms with Gasteiger partial charge >= 0.3 is 0 Å². The average Bonchev–Trinajstić information content (AvgIpc) is 2.56. The molecule has 2 rings (SSSR count). The van der Waals surface area contributed by atoms with Crippen molar-refractivity contribution in [1.29, 1.82) is 0 Å². The molecular formula is C15H17FN2O5S2. The van der Waals surface area contributed by atoms with Gasteiger partial charge in [-0.25, -0.2) is 26.4 Å². The first-order valence-electron chi connectivity index (χ1n) is 7.08. The Morgan fingerprint density at radius 2 is 1.48 bits per heavy atom. The molecule has 0 bridgehead atoms. The van der Waals surface area contributed by atoms with Gasteiger partial charge in [-0.3, -0.25) is 0 Å². The molecule has 10 heteroatoms. The maximum atomic E-state index is 12.8. The largest absolute Gasteiger partial charge is 0.492 e. The van der Waals surface area contributed by atoms with Crippen molar-refractivity contribution in [1.82, 2.24) is 4.31 Å². The van der Waals surface area contributed by atoms with Gasteiger partial charge in [-0.15, -0.1) is 0 Å². The fraction of sp³-hybridized carbons (Fsp3) is 0.200. The molecule has 136 valence electrons. The number of likely N-dealkylation sites (N-methyl/N-ethyl adjacent to an activating group) is 1. The highest BCUT2D eigenvalue weighted by molar-refractivity contribution is 7.89. The maximum absolute atomic E-state index is 12.8. The lowest BCUT2D eigenvalue weighted by Gasteiger charge is -2.17. The van der Waals surface area contributed by atoms with Crippen LogP contribution in [0, 0.1) is 5.82 Å². The molecule has 0 aliphatic rings. The predicted molar refractivity (Wildman–Crippen MR) is 89.5 cm³/mol. The molecule has 0 radical (unpaired) electrons.